The highest BCUT2D eigenvalue weighted by Gasteiger charge is 2.20. The van der Waals surface area contributed by atoms with E-state index in [-0.39, 0.29) is 0 Å². The van der Waals surface area contributed by atoms with E-state index < -0.39 is 11.9 Å². The van der Waals surface area contributed by atoms with Gasteiger partial charge in [-0.05, 0) is 24.5 Å². The van der Waals surface area contributed by atoms with Gasteiger partial charge < -0.3 is 5.11 Å². The van der Waals surface area contributed by atoms with Crippen LogP contribution in [0, 0.1) is 5.92 Å². The molecule has 0 aliphatic carbocycles. The molecule has 2 aromatic rings. The number of aromatic nitrogens is 2. The lowest BCUT2D eigenvalue weighted by Gasteiger charge is -2.12. The zero-order valence-electron chi connectivity index (χ0n) is 11.9. The Morgan fingerprint density at radius 1 is 1.30 bits per heavy atom. The minimum absolute atomic E-state index is 0.419. The van der Waals surface area contributed by atoms with E-state index >= 15 is 0 Å². The van der Waals surface area contributed by atoms with Crippen LogP contribution in [0.25, 0.3) is 0 Å². The van der Waals surface area contributed by atoms with Crippen LogP contribution in [-0.4, -0.2) is 20.9 Å². The first-order chi connectivity index (χ1) is 9.60. The zero-order chi connectivity index (χ0) is 14.5. The number of hydrogen-bond donors (Lipinski definition) is 1. The van der Waals surface area contributed by atoms with Gasteiger partial charge in [0, 0.05) is 19.2 Å². The van der Waals surface area contributed by atoms with Gasteiger partial charge in [0.25, 0.3) is 0 Å². The van der Waals surface area contributed by atoms with Crippen LogP contribution in [0.4, 0.5) is 0 Å². The fourth-order valence-electron chi connectivity index (χ4n) is 2.33. The van der Waals surface area contributed by atoms with Crippen molar-refractivity contribution in [1.29, 1.82) is 0 Å². The van der Waals surface area contributed by atoms with Crippen molar-refractivity contribution in [3.63, 3.8) is 0 Å². The van der Waals surface area contributed by atoms with Crippen LogP contribution in [0.2, 0.25) is 0 Å². The van der Waals surface area contributed by atoms with E-state index in [1.54, 1.807) is 4.68 Å². The molecule has 0 radical (unpaired) electrons. The molecular weight excluding hydrogens is 252 g/mol. The van der Waals surface area contributed by atoms with E-state index in [0.29, 0.717) is 12.8 Å². The van der Waals surface area contributed by atoms with Crippen molar-refractivity contribution >= 4 is 5.97 Å². The quantitative estimate of drug-likeness (QED) is 0.879. The fourth-order valence-corrected chi connectivity index (χ4v) is 2.33. The lowest BCUT2D eigenvalue weighted by atomic mass is 9.94. The number of rotatable bonds is 6. The summed E-state index contributed by atoms with van der Waals surface area (Å²) in [5.74, 6) is -1.18. The molecule has 2 rings (SSSR count). The van der Waals surface area contributed by atoms with Crippen LogP contribution >= 0.6 is 0 Å². The maximum Gasteiger partial charge on any atom is 0.307 e. The van der Waals surface area contributed by atoms with Gasteiger partial charge in [-0.25, -0.2) is 0 Å². The normalized spacial score (nSPS) is 12.3. The molecule has 20 heavy (non-hydrogen) atoms. The number of aryl methyl sites for hydroxylation is 2. The van der Waals surface area contributed by atoms with E-state index in [2.05, 4.69) is 5.10 Å². The van der Waals surface area contributed by atoms with Crippen LogP contribution in [0.3, 0.4) is 0 Å². The Labute approximate surface area is 119 Å². The molecule has 1 aromatic carbocycles. The fraction of sp³-hybridized carbons (Fsp3) is 0.375. The molecule has 0 saturated carbocycles. The van der Waals surface area contributed by atoms with Crippen LogP contribution in [0.5, 0.6) is 0 Å². The summed E-state index contributed by atoms with van der Waals surface area (Å²) in [5.41, 5.74) is 3.04. The SMILES string of the molecule is CCc1cc(CC(Cc2ccccc2)C(=O)O)n(C)n1. The Hall–Kier alpha value is -2.10. The third-order valence-electron chi connectivity index (χ3n) is 3.52. The lowest BCUT2D eigenvalue weighted by molar-refractivity contribution is -0.141. The van der Waals surface area contributed by atoms with E-state index in [4.69, 9.17) is 0 Å². The molecule has 0 amide bonds. The van der Waals surface area contributed by atoms with Gasteiger partial charge in [0.15, 0.2) is 0 Å². The number of carboxylic acids is 1. The number of aliphatic carboxylic acids is 1. The largest absolute Gasteiger partial charge is 0.481 e. The predicted molar refractivity (Wildman–Crippen MR) is 77.6 cm³/mol. The van der Waals surface area contributed by atoms with Gasteiger partial charge in [0.05, 0.1) is 11.6 Å². The van der Waals surface area contributed by atoms with Crippen molar-refractivity contribution in [2.24, 2.45) is 13.0 Å². The summed E-state index contributed by atoms with van der Waals surface area (Å²) in [6.07, 6.45) is 1.92. The second-order valence-electron chi connectivity index (χ2n) is 5.03. The molecule has 0 spiro atoms. The molecule has 0 aliphatic heterocycles. The Balaban J connectivity index is 2.13. The highest BCUT2D eigenvalue weighted by atomic mass is 16.4. The maximum absolute atomic E-state index is 11.5. The molecular formula is C16H20N2O2. The summed E-state index contributed by atoms with van der Waals surface area (Å²) in [6, 6.07) is 11.8. The molecule has 4 heteroatoms. The molecule has 0 aliphatic rings. The highest BCUT2D eigenvalue weighted by molar-refractivity contribution is 5.70. The lowest BCUT2D eigenvalue weighted by Crippen LogP contribution is -2.20. The van der Waals surface area contributed by atoms with Gasteiger partial charge in [-0.3, -0.25) is 9.48 Å². The molecule has 1 atom stereocenters. The van der Waals surface area contributed by atoms with Gasteiger partial charge in [-0.15, -0.1) is 0 Å². The average molecular weight is 272 g/mol. The minimum atomic E-state index is -0.756. The third kappa shape index (κ3) is 3.47. The summed E-state index contributed by atoms with van der Waals surface area (Å²) in [4.78, 5) is 11.5. The van der Waals surface area contributed by atoms with Gasteiger partial charge in [0.1, 0.15) is 0 Å². The molecule has 106 valence electrons. The average Bonchev–Trinajstić information content (AvgIpc) is 2.80. The molecule has 4 nitrogen and oxygen atoms in total. The first-order valence-corrected chi connectivity index (χ1v) is 6.88. The first-order valence-electron chi connectivity index (χ1n) is 6.88. The highest BCUT2D eigenvalue weighted by Crippen LogP contribution is 2.16. The standard InChI is InChI=1S/C16H20N2O2/c1-3-14-11-15(18(2)17-14)10-13(16(19)20)9-12-7-5-4-6-8-12/h4-8,11,13H,3,9-10H2,1-2H3,(H,19,20). The monoisotopic (exact) mass is 272 g/mol. The Morgan fingerprint density at radius 2 is 2.00 bits per heavy atom. The summed E-state index contributed by atoms with van der Waals surface area (Å²) < 4.78 is 1.79. The van der Waals surface area contributed by atoms with Crippen LogP contribution in [-0.2, 0) is 31.1 Å². The van der Waals surface area contributed by atoms with Crippen molar-refractivity contribution in [2.75, 3.05) is 0 Å². The maximum atomic E-state index is 11.5. The van der Waals surface area contributed by atoms with E-state index in [0.717, 1.165) is 23.4 Å². The summed E-state index contributed by atoms with van der Waals surface area (Å²) in [7, 11) is 1.87. The molecule has 0 bridgehead atoms. The number of carbonyl (C=O) groups is 1. The molecule has 1 heterocycles. The minimum Gasteiger partial charge on any atom is -0.481 e. The number of benzene rings is 1. The van der Waals surface area contributed by atoms with E-state index in [9.17, 15) is 9.90 Å². The van der Waals surface area contributed by atoms with Gasteiger partial charge in [-0.2, -0.15) is 5.10 Å². The molecule has 0 saturated heterocycles. The predicted octanol–water partition coefficient (Wildman–Crippen LogP) is 2.47. The van der Waals surface area contributed by atoms with Crippen molar-refractivity contribution in [1.82, 2.24) is 9.78 Å². The topological polar surface area (TPSA) is 55.1 Å². The summed E-state index contributed by atoms with van der Waals surface area (Å²) in [6.45, 7) is 2.05. The van der Waals surface area contributed by atoms with Crippen LogP contribution in [0.1, 0.15) is 23.9 Å². The van der Waals surface area contributed by atoms with E-state index in [1.807, 2.05) is 50.4 Å². The summed E-state index contributed by atoms with van der Waals surface area (Å²) in [5, 5.41) is 13.8. The smallest absolute Gasteiger partial charge is 0.307 e. The summed E-state index contributed by atoms with van der Waals surface area (Å²) >= 11 is 0. The first kappa shape index (κ1) is 14.3. The third-order valence-corrected chi connectivity index (χ3v) is 3.52. The van der Waals surface area contributed by atoms with Crippen molar-refractivity contribution in [2.45, 2.75) is 26.2 Å². The van der Waals surface area contributed by atoms with Gasteiger partial charge in [-0.1, -0.05) is 37.3 Å². The second-order valence-corrected chi connectivity index (χ2v) is 5.03. The van der Waals surface area contributed by atoms with Crippen molar-refractivity contribution in [3.8, 4) is 0 Å². The van der Waals surface area contributed by atoms with Gasteiger partial charge in [0.2, 0.25) is 0 Å². The Morgan fingerprint density at radius 3 is 2.55 bits per heavy atom. The van der Waals surface area contributed by atoms with Crippen molar-refractivity contribution < 1.29 is 9.90 Å². The molecule has 0 fully saturated rings. The number of hydrogen-bond acceptors (Lipinski definition) is 2. The van der Waals surface area contributed by atoms with E-state index in [1.165, 1.54) is 0 Å². The zero-order valence-corrected chi connectivity index (χ0v) is 11.9. The molecule has 1 N–H and O–H groups in total. The molecule has 1 aromatic heterocycles. The molecule has 1 unspecified atom stereocenters. The van der Waals surface area contributed by atoms with Crippen LogP contribution < -0.4 is 0 Å². The number of carboxylic acid groups (broad SMARTS) is 1. The van der Waals surface area contributed by atoms with Gasteiger partial charge >= 0.3 is 5.97 Å². The van der Waals surface area contributed by atoms with Crippen LogP contribution in [0.15, 0.2) is 36.4 Å². The van der Waals surface area contributed by atoms with Crippen molar-refractivity contribution in [3.05, 3.63) is 53.3 Å². The Kier molecular flexibility index (Phi) is 4.56. The number of nitrogens with zero attached hydrogens (tertiary/aromatic N) is 2. The Bertz CT molecular complexity index is 575. The second kappa shape index (κ2) is 6.37.